The highest BCUT2D eigenvalue weighted by Gasteiger charge is 2.30. The van der Waals surface area contributed by atoms with Gasteiger partial charge in [0.2, 0.25) is 0 Å². The molecule has 0 aromatic heterocycles. The van der Waals surface area contributed by atoms with E-state index in [1.165, 1.54) is 6.08 Å². The summed E-state index contributed by atoms with van der Waals surface area (Å²) in [6.45, 7) is 2.10. The first-order chi connectivity index (χ1) is 5.67. The molecule has 0 bridgehead atoms. The Labute approximate surface area is 73.2 Å². The molecule has 1 aliphatic rings. The number of rotatable bonds is 3. The molecule has 0 aromatic carbocycles. The van der Waals surface area contributed by atoms with Crippen LogP contribution in [-0.2, 0) is 0 Å². The summed E-state index contributed by atoms with van der Waals surface area (Å²) < 4.78 is 0. The molecule has 1 atom stereocenters. The minimum Gasteiger partial charge on any atom is -0.362 e. The molecule has 0 radical (unpaired) electrons. The third-order valence-corrected chi connectivity index (χ3v) is 2.21. The first-order valence-corrected chi connectivity index (χ1v) is 4.47. The first-order valence-electron chi connectivity index (χ1n) is 4.47. The molecule has 2 heteroatoms. The minimum atomic E-state index is -1.62. The van der Waals surface area contributed by atoms with Crippen molar-refractivity contribution >= 4 is 0 Å². The second kappa shape index (κ2) is 3.87. The second-order valence-corrected chi connectivity index (χ2v) is 3.28. The predicted molar refractivity (Wildman–Crippen MR) is 48.5 cm³/mol. The summed E-state index contributed by atoms with van der Waals surface area (Å²) in [7, 11) is 0. The van der Waals surface area contributed by atoms with Crippen LogP contribution in [0.1, 0.15) is 26.2 Å². The molecule has 0 spiro atoms. The molecular formula is C10H16O2. The standard InChI is InChI=1S/C10H16O2/c1-2-3-6-9-7-4-5-8-10(9,11)12/h4-5,7-9,11-12H,2-3,6H2,1H3. The van der Waals surface area contributed by atoms with Crippen LogP contribution in [0.4, 0.5) is 0 Å². The fourth-order valence-corrected chi connectivity index (χ4v) is 1.39. The van der Waals surface area contributed by atoms with Crippen molar-refractivity contribution in [2.24, 2.45) is 5.92 Å². The molecular weight excluding hydrogens is 152 g/mol. The molecule has 2 N–H and O–H groups in total. The summed E-state index contributed by atoms with van der Waals surface area (Å²) in [5.74, 6) is -1.76. The fraction of sp³-hybridized carbons (Fsp3) is 0.600. The Morgan fingerprint density at radius 3 is 2.67 bits per heavy atom. The maximum Gasteiger partial charge on any atom is 0.189 e. The second-order valence-electron chi connectivity index (χ2n) is 3.28. The quantitative estimate of drug-likeness (QED) is 0.628. The minimum absolute atomic E-state index is 0.137. The SMILES string of the molecule is CCCCC1C=CC=CC1(O)O. The molecule has 68 valence electrons. The van der Waals surface area contributed by atoms with Gasteiger partial charge in [-0.2, -0.15) is 0 Å². The Bertz CT molecular complexity index is 192. The van der Waals surface area contributed by atoms with Gasteiger partial charge in [-0.05, 0) is 12.5 Å². The Morgan fingerprint density at radius 2 is 2.08 bits per heavy atom. The van der Waals surface area contributed by atoms with Gasteiger partial charge in [0, 0.05) is 5.92 Å². The largest absolute Gasteiger partial charge is 0.362 e. The van der Waals surface area contributed by atoms with Crippen LogP contribution >= 0.6 is 0 Å². The van der Waals surface area contributed by atoms with Gasteiger partial charge in [-0.3, -0.25) is 0 Å². The van der Waals surface area contributed by atoms with Gasteiger partial charge in [0.05, 0.1) is 0 Å². The summed E-state index contributed by atoms with van der Waals surface area (Å²) >= 11 is 0. The van der Waals surface area contributed by atoms with Crippen LogP contribution in [0.15, 0.2) is 24.3 Å². The van der Waals surface area contributed by atoms with Crippen molar-refractivity contribution in [3.8, 4) is 0 Å². The lowest BCUT2D eigenvalue weighted by atomic mass is 9.89. The highest BCUT2D eigenvalue weighted by molar-refractivity contribution is 5.17. The smallest absolute Gasteiger partial charge is 0.189 e. The van der Waals surface area contributed by atoms with Crippen molar-refractivity contribution in [1.29, 1.82) is 0 Å². The molecule has 0 amide bonds. The molecule has 1 unspecified atom stereocenters. The van der Waals surface area contributed by atoms with Gasteiger partial charge in [0.1, 0.15) is 0 Å². The van der Waals surface area contributed by atoms with E-state index in [9.17, 15) is 10.2 Å². The van der Waals surface area contributed by atoms with Crippen LogP contribution in [0.5, 0.6) is 0 Å². The Hall–Kier alpha value is -0.600. The first kappa shape index (κ1) is 9.49. The Kier molecular flexibility index (Phi) is 3.06. The van der Waals surface area contributed by atoms with Gasteiger partial charge in [-0.15, -0.1) is 0 Å². The van der Waals surface area contributed by atoms with E-state index in [1.54, 1.807) is 6.08 Å². The summed E-state index contributed by atoms with van der Waals surface area (Å²) in [5, 5.41) is 19.0. The molecule has 2 nitrogen and oxygen atoms in total. The molecule has 0 aliphatic heterocycles. The highest BCUT2D eigenvalue weighted by atomic mass is 16.5. The summed E-state index contributed by atoms with van der Waals surface area (Å²) in [5.41, 5.74) is 0. The van der Waals surface area contributed by atoms with Crippen LogP contribution in [-0.4, -0.2) is 16.0 Å². The highest BCUT2D eigenvalue weighted by Crippen LogP contribution is 2.26. The molecule has 1 rings (SSSR count). The molecule has 0 saturated heterocycles. The van der Waals surface area contributed by atoms with Gasteiger partial charge in [0.15, 0.2) is 5.79 Å². The van der Waals surface area contributed by atoms with E-state index in [2.05, 4.69) is 6.92 Å². The monoisotopic (exact) mass is 168 g/mol. The number of aliphatic hydroxyl groups is 2. The van der Waals surface area contributed by atoms with Gasteiger partial charge < -0.3 is 10.2 Å². The van der Waals surface area contributed by atoms with Gasteiger partial charge >= 0.3 is 0 Å². The van der Waals surface area contributed by atoms with Gasteiger partial charge in [0.25, 0.3) is 0 Å². The molecule has 0 saturated carbocycles. The number of hydrogen-bond donors (Lipinski definition) is 2. The van der Waals surface area contributed by atoms with E-state index in [-0.39, 0.29) is 5.92 Å². The Balaban J connectivity index is 2.52. The lowest BCUT2D eigenvalue weighted by Gasteiger charge is -2.28. The van der Waals surface area contributed by atoms with E-state index in [0.29, 0.717) is 0 Å². The van der Waals surface area contributed by atoms with Crippen LogP contribution in [0.25, 0.3) is 0 Å². The zero-order valence-electron chi connectivity index (χ0n) is 7.40. The predicted octanol–water partition coefficient (Wildman–Crippen LogP) is 1.60. The zero-order chi connectivity index (χ0) is 9.03. The summed E-state index contributed by atoms with van der Waals surface area (Å²) in [6, 6.07) is 0. The van der Waals surface area contributed by atoms with Crippen molar-refractivity contribution in [1.82, 2.24) is 0 Å². The maximum absolute atomic E-state index is 9.48. The molecule has 0 heterocycles. The topological polar surface area (TPSA) is 40.5 Å². The lowest BCUT2D eigenvalue weighted by Crippen LogP contribution is -2.35. The average Bonchev–Trinajstić information content (AvgIpc) is 2.02. The summed E-state index contributed by atoms with van der Waals surface area (Å²) in [6.07, 6.45) is 9.79. The fourth-order valence-electron chi connectivity index (χ4n) is 1.39. The van der Waals surface area contributed by atoms with Crippen LogP contribution in [0.2, 0.25) is 0 Å². The Morgan fingerprint density at radius 1 is 1.33 bits per heavy atom. The van der Waals surface area contributed by atoms with Crippen LogP contribution in [0.3, 0.4) is 0 Å². The van der Waals surface area contributed by atoms with E-state index in [1.807, 2.05) is 12.2 Å². The number of hydrogen-bond acceptors (Lipinski definition) is 2. The van der Waals surface area contributed by atoms with Crippen molar-refractivity contribution < 1.29 is 10.2 Å². The zero-order valence-corrected chi connectivity index (χ0v) is 7.40. The lowest BCUT2D eigenvalue weighted by molar-refractivity contribution is -0.149. The van der Waals surface area contributed by atoms with E-state index < -0.39 is 5.79 Å². The normalized spacial score (nSPS) is 26.1. The third kappa shape index (κ3) is 2.19. The maximum atomic E-state index is 9.48. The number of unbranched alkanes of at least 4 members (excludes halogenated alkanes) is 1. The van der Waals surface area contributed by atoms with Crippen molar-refractivity contribution in [3.63, 3.8) is 0 Å². The molecule has 0 aromatic rings. The van der Waals surface area contributed by atoms with Crippen molar-refractivity contribution in [2.45, 2.75) is 32.0 Å². The van der Waals surface area contributed by atoms with Gasteiger partial charge in [-0.1, -0.05) is 38.0 Å². The van der Waals surface area contributed by atoms with Gasteiger partial charge in [-0.25, -0.2) is 0 Å². The average molecular weight is 168 g/mol. The van der Waals surface area contributed by atoms with E-state index in [0.717, 1.165) is 19.3 Å². The van der Waals surface area contributed by atoms with Crippen molar-refractivity contribution in [2.75, 3.05) is 0 Å². The van der Waals surface area contributed by atoms with E-state index >= 15 is 0 Å². The van der Waals surface area contributed by atoms with E-state index in [4.69, 9.17) is 0 Å². The van der Waals surface area contributed by atoms with Crippen molar-refractivity contribution in [3.05, 3.63) is 24.3 Å². The third-order valence-electron chi connectivity index (χ3n) is 2.21. The number of allylic oxidation sites excluding steroid dienone is 2. The van der Waals surface area contributed by atoms with Crippen LogP contribution < -0.4 is 0 Å². The summed E-state index contributed by atoms with van der Waals surface area (Å²) in [4.78, 5) is 0. The van der Waals surface area contributed by atoms with Crippen LogP contribution in [0, 0.1) is 5.92 Å². The molecule has 1 aliphatic carbocycles. The molecule has 12 heavy (non-hydrogen) atoms. The molecule has 0 fully saturated rings.